The van der Waals surface area contributed by atoms with Gasteiger partial charge in [-0.2, -0.15) is 0 Å². The standard InChI is InChI=1S/C17H30N2O/c1-6-13-7-8-19(12-13)15(20)9-14-10-16(2,3)18-17(4,5)11-14/h6,13-14,18H,1,7-12H2,2-5H3. The van der Waals surface area contributed by atoms with E-state index in [4.69, 9.17) is 0 Å². The molecule has 20 heavy (non-hydrogen) atoms. The monoisotopic (exact) mass is 278 g/mol. The van der Waals surface area contributed by atoms with Crippen LogP contribution in [0.4, 0.5) is 0 Å². The number of carbonyl (C=O) groups excluding carboxylic acids is 1. The van der Waals surface area contributed by atoms with E-state index >= 15 is 0 Å². The van der Waals surface area contributed by atoms with Gasteiger partial charge in [0, 0.05) is 30.6 Å². The molecule has 2 rings (SSSR count). The first-order valence-electron chi connectivity index (χ1n) is 7.90. The van der Waals surface area contributed by atoms with Crippen LogP contribution in [0.15, 0.2) is 12.7 Å². The second-order valence-corrected chi connectivity index (χ2v) is 8.00. The zero-order chi connectivity index (χ0) is 15.0. The molecule has 2 saturated heterocycles. The first kappa shape index (κ1) is 15.6. The van der Waals surface area contributed by atoms with Crippen molar-refractivity contribution in [2.45, 2.75) is 64.5 Å². The molecule has 0 aliphatic carbocycles. The predicted octanol–water partition coefficient (Wildman–Crippen LogP) is 2.97. The minimum atomic E-state index is 0.126. The lowest BCUT2D eigenvalue weighted by atomic mass is 9.74. The smallest absolute Gasteiger partial charge is 0.222 e. The topological polar surface area (TPSA) is 32.3 Å². The number of piperidine rings is 1. The van der Waals surface area contributed by atoms with Crippen molar-refractivity contribution in [1.29, 1.82) is 0 Å². The fraction of sp³-hybridized carbons (Fsp3) is 0.824. The van der Waals surface area contributed by atoms with Gasteiger partial charge in [-0.15, -0.1) is 6.58 Å². The van der Waals surface area contributed by atoms with E-state index in [1.165, 1.54) is 0 Å². The van der Waals surface area contributed by atoms with Crippen molar-refractivity contribution >= 4 is 5.91 Å². The summed E-state index contributed by atoms with van der Waals surface area (Å²) >= 11 is 0. The number of carbonyl (C=O) groups is 1. The number of nitrogens with zero attached hydrogens (tertiary/aromatic N) is 1. The van der Waals surface area contributed by atoms with E-state index in [1.807, 2.05) is 11.0 Å². The summed E-state index contributed by atoms with van der Waals surface area (Å²) in [5, 5.41) is 3.68. The molecular formula is C17H30N2O. The molecule has 3 heteroatoms. The van der Waals surface area contributed by atoms with Crippen LogP contribution in [-0.2, 0) is 4.79 Å². The number of rotatable bonds is 3. The summed E-state index contributed by atoms with van der Waals surface area (Å²) in [4.78, 5) is 14.5. The van der Waals surface area contributed by atoms with Crippen LogP contribution in [0.2, 0.25) is 0 Å². The molecule has 3 nitrogen and oxygen atoms in total. The van der Waals surface area contributed by atoms with Gasteiger partial charge in [0.25, 0.3) is 0 Å². The van der Waals surface area contributed by atoms with Gasteiger partial charge in [-0.1, -0.05) is 6.08 Å². The van der Waals surface area contributed by atoms with Crippen LogP contribution in [-0.4, -0.2) is 35.0 Å². The van der Waals surface area contributed by atoms with E-state index in [0.29, 0.717) is 24.2 Å². The van der Waals surface area contributed by atoms with E-state index in [2.05, 4.69) is 39.6 Å². The summed E-state index contributed by atoms with van der Waals surface area (Å²) in [6.07, 6.45) is 5.95. The fourth-order valence-electron chi connectivity index (χ4n) is 4.26. The highest BCUT2D eigenvalue weighted by Crippen LogP contribution is 2.35. The minimum absolute atomic E-state index is 0.126. The van der Waals surface area contributed by atoms with Crippen LogP contribution in [0.1, 0.15) is 53.4 Å². The minimum Gasteiger partial charge on any atom is -0.342 e. The number of hydrogen-bond acceptors (Lipinski definition) is 2. The van der Waals surface area contributed by atoms with Gasteiger partial charge >= 0.3 is 0 Å². The molecule has 0 bridgehead atoms. The van der Waals surface area contributed by atoms with E-state index in [-0.39, 0.29) is 11.1 Å². The highest BCUT2D eigenvalue weighted by atomic mass is 16.2. The Morgan fingerprint density at radius 3 is 2.40 bits per heavy atom. The lowest BCUT2D eigenvalue weighted by Gasteiger charge is -2.46. The summed E-state index contributed by atoms with van der Waals surface area (Å²) in [7, 11) is 0. The summed E-state index contributed by atoms with van der Waals surface area (Å²) in [6, 6.07) is 0. The van der Waals surface area contributed by atoms with Gasteiger partial charge in [-0.25, -0.2) is 0 Å². The van der Waals surface area contributed by atoms with Crippen molar-refractivity contribution in [3.63, 3.8) is 0 Å². The molecule has 2 aliphatic heterocycles. The second-order valence-electron chi connectivity index (χ2n) is 8.00. The predicted molar refractivity (Wildman–Crippen MR) is 83.5 cm³/mol. The molecule has 1 unspecified atom stereocenters. The number of amides is 1. The van der Waals surface area contributed by atoms with Crippen molar-refractivity contribution in [2.24, 2.45) is 11.8 Å². The Kier molecular flexibility index (Phi) is 4.29. The number of nitrogens with one attached hydrogen (secondary N) is 1. The molecule has 0 radical (unpaired) electrons. The average molecular weight is 278 g/mol. The molecule has 1 atom stereocenters. The Morgan fingerprint density at radius 1 is 1.30 bits per heavy atom. The third-order valence-corrected chi connectivity index (χ3v) is 4.65. The van der Waals surface area contributed by atoms with E-state index in [0.717, 1.165) is 32.4 Å². The van der Waals surface area contributed by atoms with Crippen molar-refractivity contribution in [2.75, 3.05) is 13.1 Å². The molecule has 0 spiro atoms. The highest BCUT2D eigenvalue weighted by Gasteiger charge is 2.39. The third kappa shape index (κ3) is 3.85. The molecule has 114 valence electrons. The molecular weight excluding hydrogens is 248 g/mol. The number of likely N-dealkylation sites (tertiary alicyclic amines) is 1. The molecule has 0 saturated carbocycles. The lowest BCUT2D eigenvalue weighted by Crippen LogP contribution is -2.58. The quantitative estimate of drug-likeness (QED) is 0.805. The first-order valence-corrected chi connectivity index (χ1v) is 7.90. The molecule has 1 amide bonds. The summed E-state index contributed by atoms with van der Waals surface area (Å²) in [6.45, 7) is 14.6. The fourth-order valence-corrected chi connectivity index (χ4v) is 4.26. The van der Waals surface area contributed by atoms with Gasteiger partial charge in [0.05, 0.1) is 0 Å². The summed E-state index contributed by atoms with van der Waals surface area (Å²) in [5.74, 6) is 1.34. The second kappa shape index (κ2) is 5.51. The van der Waals surface area contributed by atoms with Crippen LogP contribution in [0, 0.1) is 11.8 Å². The van der Waals surface area contributed by atoms with Gasteiger partial charge < -0.3 is 10.2 Å². The van der Waals surface area contributed by atoms with Crippen LogP contribution in [0.3, 0.4) is 0 Å². The molecule has 0 aromatic carbocycles. The van der Waals surface area contributed by atoms with E-state index in [9.17, 15) is 4.79 Å². The maximum atomic E-state index is 12.5. The Hall–Kier alpha value is -0.830. The largest absolute Gasteiger partial charge is 0.342 e. The van der Waals surface area contributed by atoms with Crippen molar-refractivity contribution in [3.05, 3.63) is 12.7 Å². The molecule has 0 aromatic heterocycles. The van der Waals surface area contributed by atoms with Gasteiger partial charge in [0.2, 0.25) is 5.91 Å². The maximum absolute atomic E-state index is 12.5. The van der Waals surface area contributed by atoms with Gasteiger partial charge in [-0.05, 0) is 58.8 Å². The van der Waals surface area contributed by atoms with Crippen LogP contribution < -0.4 is 5.32 Å². The third-order valence-electron chi connectivity index (χ3n) is 4.65. The van der Waals surface area contributed by atoms with Crippen molar-refractivity contribution in [3.8, 4) is 0 Å². The summed E-state index contributed by atoms with van der Waals surface area (Å²) in [5.41, 5.74) is 0.253. The average Bonchev–Trinajstić information content (AvgIpc) is 2.72. The Labute approximate surface area is 123 Å². The van der Waals surface area contributed by atoms with Crippen molar-refractivity contribution in [1.82, 2.24) is 10.2 Å². The number of hydrogen-bond donors (Lipinski definition) is 1. The summed E-state index contributed by atoms with van der Waals surface area (Å²) < 4.78 is 0. The zero-order valence-corrected chi connectivity index (χ0v) is 13.5. The van der Waals surface area contributed by atoms with Gasteiger partial charge in [0.15, 0.2) is 0 Å². The molecule has 2 heterocycles. The van der Waals surface area contributed by atoms with E-state index in [1.54, 1.807) is 0 Å². The Bertz CT molecular complexity index is 370. The molecule has 2 aliphatic rings. The highest BCUT2D eigenvalue weighted by molar-refractivity contribution is 5.76. The SMILES string of the molecule is C=CC1CCN(C(=O)CC2CC(C)(C)NC(C)(C)C2)C1. The van der Waals surface area contributed by atoms with Gasteiger partial charge in [0.1, 0.15) is 0 Å². The zero-order valence-electron chi connectivity index (χ0n) is 13.5. The Balaban J connectivity index is 1.92. The van der Waals surface area contributed by atoms with Crippen LogP contribution >= 0.6 is 0 Å². The normalized spacial score (nSPS) is 29.4. The maximum Gasteiger partial charge on any atom is 0.222 e. The first-order chi connectivity index (χ1) is 9.21. The molecule has 0 aromatic rings. The Morgan fingerprint density at radius 2 is 1.90 bits per heavy atom. The molecule has 2 fully saturated rings. The van der Waals surface area contributed by atoms with Crippen LogP contribution in [0.25, 0.3) is 0 Å². The van der Waals surface area contributed by atoms with Crippen molar-refractivity contribution < 1.29 is 4.79 Å². The van der Waals surface area contributed by atoms with Gasteiger partial charge in [-0.3, -0.25) is 4.79 Å². The molecule has 1 N–H and O–H groups in total. The van der Waals surface area contributed by atoms with Crippen LogP contribution in [0.5, 0.6) is 0 Å². The van der Waals surface area contributed by atoms with E-state index < -0.39 is 0 Å². The lowest BCUT2D eigenvalue weighted by molar-refractivity contribution is -0.131.